The molecule has 3 N–H and O–H groups in total. The van der Waals surface area contributed by atoms with Gasteiger partial charge in [0.15, 0.2) is 5.82 Å². The average molecular weight is 211 g/mol. The summed E-state index contributed by atoms with van der Waals surface area (Å²) in [5.41, 5.74) is 7.37. The summed E-state index contributed by atoms with van der Waals surface area (Å²) in [5.74, 6) is 0.921. The van der Waals surface area contributed by atoms with Gasteiger partial charge < -0.3 is 5.73 Å². The maximum Gasteiger partial charge on any atom is 0.239 e. The molecule has 2 heterocycles. The maximum atomic E-state index is 5.46. The molecule has 0 amide bonds. The molecule has 0 atom stereocenters. The number of nitrogens with two attached hydrogens (primary N) is 1. The Morgan fingerprint density at radius 1 is 1.19 bits per heavy atom. The number of rotatable bonds is 1. The van der Waals surface area contributed by atoms with Crippen LogP contribution in [0.3, 0.4) is 0 Å². The number of hydrogen-bond donors (Lipinski definition) is 2. The van der Waals surface area contributed by atoms with Crippen molar-refractivity contribution in [2.24, 2.45) is 0 Å². The molecule has 78 valence electrons. The van der Waals surface area contributed by atoms with Crippen LogP contribution in [0.5, 0.6) is 0 Å². The van der Waals surface area contributed by atoms with Gasteiger partial charge in [0.1, 0.15) is 0 Å². The highest BCUT2D eigenvalue weighted by Gasteiger charge is 2.04. The van der Waals surface area contributed by atoms with Gasteiger partial charge in [0, 0.05) is 17.1 Å². The highest BCUT2D eigenvalue weighted by atomic mass is 15.3. The van der Waals surface area contributed by atoms with Gasteiger partial charge >= 0.3 is 0 Å². The van der Waals surface area contributed by atoms with Crippen LogP contribution in [0.1, 0.15) is 0 Å². The van der Waals surface area contributed by atoms with E-state index >= 15 is 0 Å². The zero-order valence-corrected chi connectivity index (χ0v) is 8.38. The van der Waals surface area contributed by atoms with Gasteiger partial charge in [0.2, 0.25) is 5.95 Å². The fraction of sp³-hybridized carbons (Fsp3) is 0. The quantitative estimate of drug-likeness (QED) is 0.640. The summed E-state index contributed by atoms with van der Waals surface area (Å²) in [7, 11) is 0. The Morgan fingerprint density at radius 2 is 2.12 bits per heavy atom. The first-order chi connectivity index (χ1) is 7.83. The second-order valence-corrected chi connectivity index (χ2v) is 3.45. The van der Waals surface area contributed by atoms with Crippen molar-refractivity contribution in [2.75, 3.05) is 5.73 Å². The van der Waals surface area contributed by atoms with Crippen LogP contribution in [-0.4, -0.2) is 20.2 Å². The molecule has 16 heavy (non-hydrogen) atoms. The van der Waals surface area contributed by atoms with E-state index in [1.54, 1.807) is 6.20 Å². The van der Waals surface area contributed by atoms with E-state index in [0.29, 0.717) is 5.82 Å². The average Bonchev–Trinajstić information content (AvgIpc) is 2.75. The number of pyridine rings is 1. The molecule has 0 fully saturated rings. The molecule has 5 heteroatoms. The molecule has 0 aliphatic heterocycles. The Kier molecular flexibility index (Phi) is 1.83. The third-order valence-corrected chi connectivity index (χ3v) is 2.38. The van der Waals surface area contributed by atoms with Gasteiger partial charge in [-0.3, -0.25) is 10.1 Å². The van der Waals surface area contributed by atoms with E-state index in [9.17, 15) is 0 Å². The Bertz CT molecular complexity index is 643. The highest BCUT2D eigenvalue weighted by Crippen LogP contribution is 2.20. The van der Waals surface area contributed by atoms with Crippen molar-refractivity contribution in [3.05, 3.63) is 36.5 Å². The summed E-state index contributed by atoms with van der Waals surface area (Å²) in [6.07, 6.45) is 1.77. The van der Waals surface area contributed by atoms with E-state index in [0.717, 1.165) is 16.5 Å². The lowest BCUT2D eigenvalue weighted by Crippen LogP contribution is -1.86. The van der Waals surface area contributed by atoms with E-state index in [-0.39, 0.29) is 5.95 Å². The fourth-order valence-electron chi connectivity index (χ4n) is 1.63. The van der Waals surface area contributed by atoms with Crippen molar-refractivity contribution < 1.29 is 0 Å². The van der Waals surface area contributed by atoms with E-state index in [1.165, 1.54) is 0 Å². The van der Waals surface area contributed by atoms with Gasteiger partial charge in [-0.15, -0.1) is 5.10 Å². The molecule has 0 aliphatic carbocycles. The normalized spacial score (nSPS) is 10.8. The second kappa shape index (κ2) is 3.30. The van der Waals surface area contributed by atoms with E-state index in [1.807, 2.05) is 30.3 Å². The minimum atomic E-state index is 0.251. The summed E-state index contributed by atoms with van der Waals surface area (Å²) in [4.78, 5) is 8.33. The van der Waals surface area contributed by atoms with Crippen LogP contribution in [0.4, 0.5) is 5.95 Å². The minimum absolute atomic E-state index is 0.251. The van der Waals surface area contributed by atoms with Crippen LogP contribution in [0, 0.1) is 0 Å². The van der Waals surface area contributed by atoms with Gasteiger partial charge in [0.25, 0.3) is 0 Å². The smallest absolute Gasteiger partial charge is 0.239 e. The number of nitrogen functional groups attached to an aromatic ring is 1. The summed E-state index contributed by atoms with van der Waals surface area (Å²) in [6.45, 7) is 0. The summed E-state index contributed by atoms with van der Waals surface area (Å²) < 4.78 is 0. The molecule has 3 rings (SSSR count). The van der Waals surface area contributed by atoms with E-state index < -0.39 is 0 Å². The molecule has 0 unspecified atom stereocenters. The standard InChI is InChI=1S/C11H9N5/c12-11-14-10(15-16-11)8-3-4-9-7(6-8)2-1-5-13-9/h1-6H,(H3,12,14,15,16). The lowest BCUT2D eigenvalue weighted by atomic mass is 10.1. The molecular weight excluding hydrogens is 202 g/mol. The van der Waals surface area contributed by atoms with Crippen molar-refractivity contribution in [3.63, 3.8) is 0 Å². The van der Waals surface area contributed by atoms with E-state index in [4.69, 9.17) is 5.73 Å². The predicted octanol–water partition coefficient (Wildman–Crippen LogP) is 1.60. The second-order valence-electron chi connectivity index (χ2n) is 3.45. The molecule has 1 aromatic carbocycles. The largest absolute Gasteiger partial charge is 0.366 e. The van der Waals surface area contributed by atoms with Crippen LogP contribution in [-0.2, 0) is 0 Å². The lowest BCUT2D eigenvalue weighted by Gasteiger charge is -1.99. The summed E-state index contributed by atoms with van der Waals surface area (Å²) >= 11 is 0. The number of H-pyrrole nitrogens is 1. The van der Waals surface area contributed by atoms with E-state index in [2.05, 4.69) is 20.2 Å². The summed E-state index contributed by atoms with van der Waals surface area (Å²) in [6, 6.07) is 9.80. The first-order valence-corrected chi connectivity index (χ1v) is 4.86. The number of fused-ring (bicyclic) bond motifs is 1. The van der Waals surface area contributed by atoms with Crippen LogP contribution in [0.25, 0.3) is 22.3 Å². The van der Waals surface area contributed by atoms with Crippen LogP contribution in [0.15, 0.2) is 36.5 Å². The molecule has 2 aromatic heterocycles. The third kappa shape index (κ3) is 1.38. The topological polar surface area (TPSA) is 80.5 Å². The van der Waals surface area contributed by atoms with Gasteiger partial charge in [-0.05, 0) is 24.3 Å². The Morgan fingerprint density at radius 3 is 2.94 bits per heavy atom. The predicted molar refractivity (Wildman–Crippen MR) is 61.5 cm³/mol. The monoisotopic (exact) mass is 211 g/mol. The molecule has 0 saturated heterocycles. The number of nitrogens with one attached hydrogen (secondary N) is 1. The third-order valence-electron chi connectivity index (χ3n) is 2.38. The molecule has 3 aromatic rings. The Balaban J connectivity index is 2.18. The number of benzene rings is 1. The van der Waals surface area contributed by atoms with Gasteiger partial charge in [0.05, 0.1) is 5.52 Å². The van der Waals surface area contributed by atoms with Gasteiger partial charge in [-0.1, -0.05) is 6.07 Å². The zero-order valence-electron chi connectivity index (χ0n) is 8.38. The van der Waals surface area contributed by atoms with Crippen molar-refractivity contribution in [2.45, 2.75) is 0 Å². The molecule has 0 bridgehead atoms. The van der Waals surface area contributed by atoms with Crippen LogP contribution in [0.2, 0.25) is 0 Å². The van der Waals surface area contributed by atoms with Crippen LogP contribution >= 0.6 is 0 Å². The number of nitrogens with zero attached hydrogens (tertiary/aromatic N) is 3. The highest BCUT2D eigenvalue weighted by molar-refractivity contribution is 5.83. The minimum Gasteiger partial charge on any atom is -0.366 e. The molecule has 0 radical (unpaired) electrons. The zero-order chi connectivity index (χ0) is 11.0. The SMILES string of the molecule is Nc1n[nH]c(-c2ccc3ncccc3c2)n1. The first kappa shape index (κ1) is 8.84. The van der Waals surface area contributed by atoms with Crippen LogP contribution < -0.4 is 5.73 Å². The summed E-state index contributed by atoms with van der Waals surface area (Å²) in [5, 5.41) is 7.64. The number of anilines is 1. The Labute approximate surface area is 91.3 Å². The number of aromatic amines is 1. The molecule has 0 aliphatic rings. The van der Waals surface area contributed by atoms with Gasteiger partial charge in [-0.2, -0.15) is 4.98 Å². The van der Waals surface area contributed by atoms with Crippen molar-refractivity contribution in [1.29, 1.82) is 0 Å². The Hall–Kier alpha value is -2.43. The first-order valence-electron chi connectivity index (χ1n) is 4.86. The number of hydrogen-bond acceptors (Lipinski definition) is 4. The maximum absolute atomic E-state index is 5.46. The lowest BCUT2D eigenvalue weighted by molar-refractivity contribution is 1.10. The molecule has 0 spiro atoms. The van der Waals surface area contributed by atoms with Gasteiger partial charge in [-0.25, -0.2) is 0 Å². The number of aromatic nitrogens is 4. The molecular formula is C11H9N5. The molecule has 0 saturated carbocycles. The van der Waals surface area contributed by atoms with Crippen molar-refractivity contribution in [3.8, 4) is 11.4 Å². The molecule has 5 nitrogen and oxygen atoms in total. The van der Waals surface area contributed by atoms with Crippen molar-refractivity contribution >= 4 is 16.9 Å². The fourth-order valence-corrected chi connectivity index (χ4v) is 1.63. The van der Waals surface area contributed by atoms with Crippen molar-refractivity contribution in [1.82, 2.24) is 20.2 Å².